The summed E-state index contributed by atoms with van der Waals surface area (Å²) in [4.78, 5) is 39.6. The van der Waals surface area contributed by atoms with E-state index < -0.39 is 23.8 Å². The Kier molecular flexibility index (Phi) is 7.42. The number of rotatable bonds is 7. The monoisotopic (exact) mass is 559 g/mol. The van der Waals surface area contributed by atoms with Gasteiger partial charge >= 0.3 is 5.97 Å². The molecule has 1 unspecified atom stereocenters. The SMILES string of the molecule is NC(=O)C(C1CCN(c2ccccc2)CC1)n1nc(C(=O)O)c(Br)c1NC(=O)c1ccccc1Cl. The number of halogens is 2. The standard InChI is InChI=1S/C24H23BrClN5O4/c25-18-19(24(34)35)29-31(22(18)28-23(33)16-8-4-5-9-17(16)26)20(21(27)32)14-10-12-30(13-11-14)15-6-2-1-3-7-15/h1-9,14,20H,10-13H2,(H2,27,32)(H,28,33)(H,34,35). The van der Waals surface area contributed by atoms with E-state index in [1.165, 1.54) is 10.7 Å². The van der Waals surface area contributed by atoms with Gasteiger partial charge in [-0.15, -0.1) is 0 Å². The molecule has 182 valence electrons. The number of nitrogens with zero attached hydrogens (tertiary/aromatic N) is 3. The Bertz CT molecular complexity index is 1260. The molecule has 2 heterocycles. The van der Waals surface area contributed by atoms with Crippen molar-refractivity contribution >= 4 is 56.8 Å². The van der Waals surface area contributed by atoms with Crippen molar-refractivity contribution in [1.82, 2.24) is 9.78 Å². The number of benzene rings is 2. The van der Waals surface area contributed by atoms with E-state index in [2.05, 4.69) is 31.2 Å². The first-order valence-corrected chi connectivity index (χ1v) is 12.1. The molecular formula is C24H23BrClN5O4. The van der Waals surface area contributed by atoms with E-state index in [-0.39, 0.29) is 32.5 Å². The lowest BCUT2D eigenvalue weighted by atomic mass is 9.88. The molecule has 1 atom stereocenters. The molecule has 1 saturated heterocycles. The number of nitrogens with one attached hydrogen (secondary N) is 1. The van der Waals surface area contributed by atoms with Crippen molar-refractivity contribution in [2.75, 3.05) is 23.3 Å². The van der Waals surface area contributed by atoms with Crippen molar-refractivity contribution in [3.8, 4) is 0 Å². The third-order valence-corrected chi connectivity index (χ3v) is 7.15. The van der Waals surface area contributed by atoms with Crippen LogP contribution < -0.4 is 16.0 Å². The summed E-state index contributed by atoms with van der Waals surface area (Å²) in [6.07, 6.45) is 1.25. The van der Waals surface area contributed by atoms with Crippen LogP contribution in [0, 0.1) is 5.92 Å². The number of aromatic carboxylic acids is 1. The van der Waals surface area contributed by atoms with Crippen molar-refractivity contribution in [2.24, 2.45) is 11.7 Å². The highest BCUT2D eigenvalue weighted by Crippen LogP contribution is 2.36. The molecule has 4 rings (SSSR count). The van der Waals surface area contributed by atoms with Crippen LogP contribution in [0.3, 0.4) is 0 Å². The van der Waals surface area contributed by atoms with Crippen molar-refractivity contribution in [3.05, 3.63) is 75.4 Å². The van der Waals surface area contributed by atoms with E-state index in [1.54, 1.807) is 18.2 Å². The molecule has 0 aliphatic carbocycles. The summed E-state index contributed by atoms with van der Waals surface area (Å²) < 4.78 is 1.26. The average molecular weight is 561 g/mol. The molecule has 1 fully saturated rings. The molecule has 0 bridgehead atoms. The summed E-state index contributed by atoms with van der Waals surface area (Å²) >= 11 is 9.38. The summed E-state index contributed by atoms with van der Waals surface area (Å²) in [5.41, 5.74) is 6.74. The first-order valence-electron chi connectivity index (χ1n) is 10.9. The zero-order chi connectivity index (χ0) is 25.1. The molecule has 0 spiro atoms. The van der Waals surface area contributed by atoms with Crippen LogP contribution in [-0.2, 0) is 4.79 Å². The molecule has 1 aliphatic heterocycles. The van der Waals surface area contributed by atoms with Gasteiger partial charge in [0, 0.05) is 18.8 Å². The number of hydrogen-bond acceptors (Lipinski definition) is 5. The molecule has 35 heavy (non-hydrogen) atoms. The van der Waals surface area contributed by atoms with Crippen molar-refractivity contribution in [2.45, 2.75) is 18.9 Å². The van der Waals surface area contributed by atoms with Crippen molar-refractivity contribution in [1.29, 1.82) is 0 Å². The Morgan fingerprint density at radius 2 is 1.71 bits per heavy atom. The summed E-state index contributed by atoms with van der Waals surface area (Å²) in [7, 11) is 0. The number of carboxylic acid groups (broad SMARTS) is 1. The van der Waals surface area contributed by atoms with Gasteiger partial charge in [0.25, 0.3) is 5.91 Å². The number of carbonyl (C=O) groups is 3. The van der Waals surface area contributed by atoms with Gasteiger partial charge in [0.1, 0.15) is 11.9 Å². The van der Waals surface area contributed by atoms with Gasteiger partial charge in [-0.25, -0.2) is 9.48 Å². The Morgan fingerprint density at radius 3 is 2.31 bits per heavy atom. The fourth-order valence-corrected chi connectivity index (χ4v) is 5.10. The Morgan fingerprint density at radius 1 is 1.09 bits per heavy atom. The van der Waals surface area contributed by atoms with Gasteiger partial charge in [-0.05, 0) is 59.0 Å². The third kappa shape index (κ3) is 5.18. The number of hydrogen-bond donors (Lipinski definition) is 3. The predicted octanol–water partition coefficient (Wildman–Crippen LogP) is 4.19. The molecule has 11 heteroatoms. The highest BCUT2D eigenvalue weighted by Gasteiger charge is 2.36. The van der Waals surface area contributed by atoms with Crippen LogP contribution in [-0.4, -0.2) is 45.8 Å². The van der Waals surface area contributed by atoms with E-state index >= 15 is 0 Å². The Hall–Kier alpha value is -3.37. The van der Waals surface area contributed by atoms with Crippen molar-refractivity contribution < 1.29 is 19.5 Å². The van der Waals surface area contributed by atoms with Gasteiger partial charge < -0.3 is 21.1 Å². The minimum atomic E-state index is -1.31. The maximum atomic E-state index is 13.0. The predicted molar refractivity (Wildman–Crippen MR) is 136 cm³/mol. The average Bonchev–Trinajstić information content (AvgIpc) is 3.16. The highest BCUT2D eigenvalue weighted by molar-refractivity contribution is 9.10. The van der Waals surface area contributed by atoms with Gasteiger partial charge in [-0.2, -0.15) is 5.10 Å². The van der Waals surface area contributed by atoms with Gasteiger partial charge in [0.15, 0.2) is 5.69 Å². The van der Waals surface area contributed by atoms with Crippen LogP contribution in [0.1, 0.15) is 39.7 Å². The second-order valence-corrected chi connectivity index (χ2v) is 9.40. The summed E-state index contributed by atoms with van der Waals surface area (Å²) in [6.45, 7) is 1.38. The molecule has 0 saturated carbocycles. The molecule has 9 nitrogen and oxygen atoms in total. The molecule has 4 N–H and O–H groups in total. The molecule has 2 amide bonds. The van der Waals surface area contributed by atoms with Crippen LogP contribution in [0.15, 0.2) is 59.1 Å². The number of amides is 2. The second-order valence-electron chi connectivity index (χ2n) is 8.20. The van der Waals surface area contributed by atoms with E-state index in [4.69, 9.17) is 17.3 Å². The fourth-order valence-electron chi connectivity index (χ4n) is 4.35. The molecule has 1 aliphatic rings. The number of para-hydroxylation sites is 1. The zero-order valence-corrected chi connectivity index (χ0v) is 20.9. The summed E-state index contributed by atoms with van der Waals surface area (Å²) in [6, 6.07) is 15.4. The molecule has 0 radical (unpaired) electrons. The minimum Gasteiger partial charge on any atom is -0.476 e. The highest BCUT2D eigenvalue weighted by atomic mass is 79.9. The van der Waals surface area contributed by atoms with Gasteiger partial charge in [-0.3, -0.25) is 9.59 Å². The largest absolute Gasteiger partial charge is 0.476 e. The second kappa shape index (κ2) is 10.5. The maximum absolute atomic E-state index is 13.0. The van der Waals surface area contributed by atoms with Crippen LogP contribution >= 0.6 is 27.5 Å². The number of carboxylic acids is 1. The number of primary amides is 1. The molecule has 2 aromatic carbocycles. The van der Waals surface area contributed by atoms with E-state index in [9.17, 15) is 19.5 Å². The maximum Gasteiger partial charge on any atom is 0.357 e. The number of aromatic nitrogens is 2. The number of anilines is 2. The molecular weight excluding hydrogens is 538 g/mol. The van der Waals surface area contributed by atoms with Crippen LogP contribution in [0.5, 0.6) is 0 Å². The van der Waals surface area contributed by atoms with E-state index in [0.29, 0.717) is 25.9 Å². The number of nitrogens with two attached hydrogens (primary N) is 1. The number of carbonyl (C=O) groups excluding carboxylic acids is 2. The van der Waals surface area contributed by atoms with Crippen LogP contribution in [0.4, 0.5) is 11.5 Å². The summed E-state index contributed by atoms with van der Waals surface area (Å²) in [5, 5.41) is 16.7. The lowest BCUT2D eigenvalue weighted by Gasteiger charge is -2.36. The minimum absolute atomic E-state index is 0.0293. The van der Waals surface area contributed by atoms with Crippen LogP contribution in [0.2, 0.25) is 5.02 Å². The van der Waals surface area contributed by atoms with Crippen LogP contribution in [0.25, 0.3) is 0 Å². The van der Waals surface area contributed by atoms with Crippen molar-refractivity contribution in [3.63, 3.8) is 0 Å². The first-order chi connectivity index (χ1) is 16.8. The Balaban J connectivity index is 1.65. The van der Waals surface area contributed by atoms with Gasteiger partial charge in [-0.1, -0.05) is 41.9 Å². The normalized spacial score (nSPS) is 15.0. The molecule has 3 aromatic rings. The van der Waals surface area contributed by atoms with E-state index in [0.717, 1.165) is 5.69 Å². The topological polar surface area (TPSA) is 131 Å². The fraction of sp³-hybridized carbons (Fsp3) is 0.250. The molecule has 1 aromatic heterocycles. The summed E-state index contributed by atoms with van der Waals surface area (Å²) in [5.74, 6) is -2.73. The van der Waals surface area contributed by atoms with Gasteiger partial charge in [0.2, 0.25) is 5.91 Å². The van der Waals surface area contributed by atoms with Gasteiger partial charge in [0.05, 0.1) is 15.1 Å². The lowest BCUT2D eigenvalue weighted by molar-refractivity contribution is -0.123. The number of piperidine rings is 1. The Labute approximate surface area is 215 Å². The zero-order valence-electron chi connectivity index (χ0n) is 18.5. The first kappa shape index (κ1) is 24.7. The third-order valence-electron chi connectivity index (χ3n) is 6.07. The lowest BCUT2D eigenvalue weighted by Crippen LogP contribution is -2.41. The quantitative estimate of drug-likeness (QED) is 0.397. The van der Waals surface area contributed by atoms with E-state index in [1.807, 2.05) is 30.3 Å². The smallest absolute Gasteiger partial charge is 0.357 e.